The van der Waals surface area contributed by atoms with E-state index in [9.17, 15) is 27.6 Å². The molecule has 0 atom stereocenters. The van der Waals surface area contributed by atoms with Gasteiger partial charge in [-0.05, 0) is 29.8 Å². The first kappa shape index (κ1) is 22.4. The van der Waals surface area contributed by atoms with Crippen molar-refractivity contribution >= 4 is 35.1 Å². The van der Waals surface area contributed by atoms with Gasteiger partial charge in [-0.25, -0.2) is 0 Å². The normalized spacial score (nSPS) is 14.0. The van der Waals surface area contributed by atoms with Gasteiger partial charge in [0.1, 0.15) is 12.3 Å². The predicted molar refractivity (Wildman–Crippen MR) is 103 cm³/mol. The van der Waals surface area contributed by atoms with Crippen molar-refractivity contribution in [3.05, 3.63) is 58.6 Å². The fraction of sp³-hybridized carbons (Fsp3) is 0.250. The van der Waals surface area contributed by atoms with Crippen LogP contribution in [0.25, 0.3) is 0 Å². The Morgan fingerprint density at radius 3 is 2.48 bits per heavy atom. The summed E-state index contributed by atoms with van der Waals surface area (Å²) in [6, 6.07) is 10.1. The smallest absolute Gasteiger partial charge is 0.422 e. The number of para-hydroxylation sites is 1. The van der Waals surface area contributed by atoms with Crippen LogP contribution in [0.2, 0.25) is 5.02 Å². The summed E-state index contributed by atoms with van der Waals surface area (Å²) in [7, 11) is 0. The molecule has 2 aromatic carbocycles. The summed E-state index contributed by atoms with van der Waals surface area (Å²) in [6.07, 6.45) is -4.52. The van der Waals surface area contributed by atoms with Gasteiger partial charge in [-0.15, -0.1) is 0 Å². The van der Waals surface area contributed by atoms with Gasteiger partial charge in [0.05, 0.1) is 17.1 Å². The summed E-state index contributed by atoms with van der Waals surface area (Å²) in [4.78, 5) is 43.2. The lowest BCUT2D eigenvalue weighted by Crippen LogP contribution is -2.40. The van der Waals surface area contributed by atoms with Crippen molar-refractivity contribution in [3.63, 3.8) is 0 Å². The summed E-state index contributed by atoms with van der Waals surface area (Å²) in [5.74, 6) is -2.14. The van der Waals surface area contributed by atoms with Gasteiger partial charge in [0.25, 0.3) is 11.8 Å². The molecule has 7 nitrogen and oxygen atoms in total. The first-order chi connectivity index (χ1) is 14.5. The number of benzene rings is 2. The zero-order chi connectivity index (χ0) is 22.8. The first-order valence-electron chi connectivity index (χ1n) is 8.93. The van der Waals surface area contributed by atoms with Gasteiger partial charge in [-0.3, -0.25) is 19.3 Å². The predicted octanol–water partition coefficient (Wildman–Crippen LogP) is 3.75. The Morgan fingerprint density at radius 1 is 1.13 bits per heavy atom. The van der Waals surface area contributed by atoms with Gasteiger partial charge in [0.2, 0.25) is 0 Å². The number of rotatable bonds is 4. The highest BCUT2D eigenvalue weighted by Crippen LogP contribution is 2.30. The standard InChI is InChI=1S/C20H16ClF3N2O5/c1-12(27)31-26-9-13-4-2-3-5-17(13)25(10-18(26)28)19(29)15-7-6-14(8-16(15)21)30-11-20(22,23)24/h2-8H,9-11H2,1H3. The molecule has 0 aliphatic carbocycles. The molecule has 2 aromatic rings. The molecular weight excluding hydrogens is 441 g/mol. The molecule has 0 spiro atoms. The van der Waals surface area contributed by atoms with E-state index in [2.05, 4.69) is 4.74 Å². The number of halogens is 4. The number of amides is 2. The van der Waals surface area contributed by atoms with Crippen LogP contribution in [0.1, 0.15) is 22.8 Å². The molecule has 2 amide bonds. The summed E-state index contributed by atoms with van der Waals surface area (Å²) >= 11 is 6.12. The maximum atomic E-state index is 13.2. The minimum Gasteiger partial charge on any atom is -0.484 e. The number of carbonyl (C=O) groups excluding carboxylic acids is 3. The van der Waals surface area contributed by atoms with Crippen molar-refractivity contribution in [3.8, 4) is 5.75 Å². The number of nitrogens with zero attached hydrogens (tertiary/aromatic N) is 2. The third-order valence-corrected chi connectivity index (χ3v) is 4.54. The van der Waals surface area contributed by atoms with Crippen molar-refractivity contribution < 1.29 is 37.1 Å². The van der Waals surface area contributed by atoms with Crippen molar-refractivity contribution in [1.82, 2.24) is 5.06 Å². The Bertz CT molecular complexity index is 1030. The highest BCUT2D eigenvalue weighted by molar-refractivity contribution is 6.34. The van der Waals surface area contributed by atoms with E-state index < -0.39 is 37.1 Å². The molecule has 0 radical (unpaired) electrons. The van der Waals surface area contributed by atoms with Crippen LogP contribution in [0.15, 0.2) is 42.5 Å². The van der Waals surface area contributed by atoms with Crippen LogP contribution >= 0.6 is 11.6 Å². The summed E-state index contributed by atoms with van der Waals surface area (Å²) < 4.78 is 41.6. The maximum absolute atomic E-state index is 13.2. The molecule has 3 rings (SSSR count). The fourth-order valence-corrected chi connectivity index (χ4v) is 3.19. The van der Waals surface area contributed by atoms with E-state index in [0.717, 1.165) is 18.1 Å². The van der Waals surface area contributed by atoms with Crippen LogP contribution in [0, 0.1) is 0 Å². The average Bonchev–Trinajstić information content (AvgIpc) is 2.82. The molecule has 0 saturated heterocycles. The minimum atomic E-state index is -4.52. The van der Waals surface area contributed by atoms with E-state index in [1.807, 2.05) is 0 Å². The van der Waals surface area contributed by atoms with Crippen molar-refractivity contribution in [2.45, 2.75) is 19.6 Å². The Balaban J connectivity index is 1.90. The lowest BCUT2D eigenvalue weighted by Gasteiger charge is -2.22. The second-order valence-corrected chi connectivity index (χ2v) is 6.99. The van der Waals surface area contributed by atoms with Crippen LogP contribution in [0.5, 0.6) is 5.75 Å². The Labute approximate surface area is 179 Å². The van der Waals surface area contributed by atoms with Gasteiger partial charge < -0.3 is 9.57 Å². The minimum absolute atomic E-state index is 0.0374. The van der Waals surface area contributed by atoms with Crippen LogP contribution in [-0.2, 0) is 21.0 Å². The van der Waals surface area contributed by atoms with Crippen LogP contribution in [0.4, 0.5) is 18.9 Å². The largest absolute Gasteiger partial charge is 0.484 e. The number of anilines is 1. The fourth-order valence-electron chi connectivity index (χ4n) is 2.94. The molecule has 11 heteroatoms. The Morgan fingerprint density at radius 2 is 1.84 bits per heavy atom. The van der Waals surface area contributed by atoms with Crippen LogP contribution in [0.3, 0.4) is 0 Å². The number of hydroxylamine groups is 2. The molecule has 1 aliphatic heterocycles. The number of alkyl halides is 3. The van der Waals surface area contributed by atoms with Gasteiger partial charge in [0, 0.05) is 12.6 Å². The van der Waals surface area contributed by atoms with E-state index >= 15 is 0 Å². The summed E-state index contributed by atoms with van der Waals surface area (Å²) in [5.41, 5.74) is 0.915. The zero-order valence-corrected chi connectivity index (χ0v) is 16.9. The number of fused-ring (bicyclic) bond motifs is 1. The van der Waals surface area contributed by atoms with E-state index in [1.165, 1.54) is 17.0 Å². The number of hydrogen-bond donors (Lipinski definition) is 0. The highest BCUT2D eigenvalue weighted by Gasteiger charge is 2.32. The van der Waals surface area contributed by atoms with Gasteiger partial charge >= 0.3 is 12.1 Å². The topological polar surface area (TPSA) is 76.2 Å². The quantitative estimate of drug-likeness (QED) is 0.700. The molecule has 1 aliphatic rings. The lowest BCUT2D eigenvalue weighted by atomic mass is 10.1. The van der Waals surface area contributed by atoms with Crippen LogP contribution < -0.4 is 9.64 Å². The zero-order valence-electron chi connectivity index (χ0n) is 16.1. The van der Waals surface area contributed by atoms with E-state index in [1.54, 1.807) is 24.3 Å². The molecular formula is C20H16ClF3N2O5. The van der Waals surface area contributed by atoms with Crippen molar-refractivity contribution in [2.24, 2.45) is 0 Å². The maximum Gasteiger partial charge on any atom is 0.422 e. The molecule has 0 unspecified atom stereocenters. The van der Waals surface area contributed by atoms with E-state index in [0.29, 0.717) is 11.3 Å². The third kappa shape index (κ3) is 5.46. The van der Waals surface area contributed by atoms with E-state index in [4.69, 9.17) is 16.4 Å². The highest BCUT2D eigenvalue weighted by atomic mass is 35.5. The monoisotopic (exact) mass is 456 g/mol. The molecule has 0 aromatic heterocycles. The van der Waals surface area contributed by atoms with Crippen molar-refractivity contribution in [2.75, 3.05) is 18.1 Å². The molecule has 1 heterocycles. The average molecular weight is 457 g/mol. The second kappa shape index (κ2) is 8.84. The number of hydrogen-bond acceptors (Lipinski definition) is 5. The Hall–Kier alpha value is -3.27. The molecule has 31 heavy (non-hydrogen) atoms. The summed E-state index contributed by atoms with van der Waals surface area (Å²) in [5, 5.41) is 0.722. The third-order valence-electron chi connectivity index (χ3n) is 4.23. The molecule has 0 fully saturated rings. The SMILES string of the molecule is CC(=O)ON1Cc2ccccc2N(C(=O)c2ccc(OCC(F)(F)F)cc2Cl)CC1=O. The Kier molecular flexibility index (Phi) is 6.40. The van der Waals surface area contributed by atoms with E-state index in [-0.39, 0.29) is 22.9 Å². The van der Waals surface area contributed by atoms with Crippen LogP contribution in [-0.4, -0.2) is 42.2 Å². The van der Waals surface area contributed by atoms with Gasteiger partial charge in [-0.2, -0.15) is 18.2 Å². The summed E-state index contributed by atoms with van der Waals surface area (Å²) in [6.45, 7) is -0.853. The number of carbonyl (C=O) groups is 3. The molecule has 164 valence electrons. The lowest BCUT2D eigenvalue weighted by molar-refractivity contribution is -0.197. The first-order valence-corrected chi connectivity index (χ1v) is 9.31. The molecule has 0 bridgehead atoms. The van der Waals surface area contributed by atoms with Gasteiger partial charge in [-0.1, -0.05) is 29.8 Å². The van der Waals surface area contributed by atoms with Gasteiger partial charge in [0.15, 0.2) is 6.61 Å². The number of ether oxygens (including phenoxy) is 1. The van der Waals surface area contributed by atoms with Crippen molar-refractivity contribution in [1.29, 1.82) is 0 Å². The molecule has 0 N–H and O–H groups in total. The second-order valence-electron chi connectivity index (χ2n) is 6.58. The molecule has 0 saturated carbocycles.